The summed E-state index contributed by atoms with van der Waals surface area (Å²) in [6, 6.07) is 11.6. The van der Waals surface area contributed by atoms with E-state index in [1.54, 1.807) is 12.1 Å². The summed E-state index contributed by atoms with van der Waals surface area (Å²) in [5, 5.41) is 2.64. The number of hydrogen-bond donors (Lipinski definition) is 1. The molecule has 0 aliphatic carbocycles. The lowest BCUT2D eigenvalue weighted by Crippen LogP contribution is -2.23. The molecule has 0 saturated carbocycles. The molecule has 0 radical (unpaired) electrons. The molecule has 1 heterocycles. The van der Waals surface area contributed by atoms with Crippen molar-refractivity contribution in [1.29, 1.82) is 0 Å². The first-order valence-electron chi connectivity index (χ1n) is 6.10. The smallest absolute Gasteiger partial charge is 0.252 e. The fourth-order valence-electron chi connectivity index (χ4n) is 2.07. The molecule has 2 aromatic rings. The average Bonchev–Trinajstić information content (AvgIpc) is 2.76. The van der Waals surface area contributed by atoms with Crippen LogP contribution in [0.4, 0.5) is 0 Å². The minimum absolute atomic E-state index is 0.148. The largest absolute Gasteiger partial charge is 0.341 e. The lowest BCUT2D eigenvalue weighted by Gasteiger charge is -2.10. The Bertz CT molecular complexity index is 610. The van der Waals surface area contributed by atoms with Gasteiger partial charge in [0.05, 0.1) is 6.54 Å². The fourth-order valence-corrected chi connectivity index (χ4v) is 2.07. The first-order chi connectivity index (χ1) is 9.13. The summed E-state index contributed by atoms with van der Waals surface area (Å²) in [5.41, 5.74) is 4.00. The van der Waals surface area contributed by atoms with Crippen molar-refractivity contribution in [3.8, 4) is 18.0 Å². The molecule has 3 heteroatoms. The van der Waals surface area contributed by atoms with Crippen molar-refractivity contribution in [2.75, 3.05) is 6.54 Å². The Morgan fingerprint density at radius 3 is 2.26 bits per heavy atom. The number of carbonyl (C=O) groups is 1. The maximum absolute atomic E-state index is 11.7. The lowest BCUT2D eigenvalue weighted by molar-refractivity contribution is 0.0958. The Morgan fingerprint density at radius 2 is 1.74 bits per heavy atom. The molecule has 2 rings (SSSR count). The summed E-state index contributed by atoms with van der Waals surface area (Å²) in [4.78, 5) is 11.7. The van der Waals surface area contributed by atoms with Crippen LogP contribution in [0.15, 0.2) is 36.4 Å². The van der Waals surface area contributed by atoms with Crippen LogP contribution < -0.4 is 5.32 Å². The first-order valence-corrected chi connectivity index (χ1v) is 6.10. The Hall–Kier alpha value is -2.47. The molecule has 3 nitrogen and oxygen atoms in total. The third-order valence-corrected chi connectivity index (χ3v) is 3.01. The van der Waals surface area contributed by atoms with Crippen molar-refractivity contribution in [2.45, 2.75) is 13.8 Å². The van der Waals surface area contributed by atoms with E-state index in [9.17, 15) is 4.79 Å². The summed E-state index contributed by atoms with van der Waals surface area (Å²) >= 11 is 0. The second kappa shape index (κ2) is 5.45. The maximum Gasteiger partial charge on any atom is 0.252 e. The Labute approximate surface area is 113 Å². The normalized spacial score (nSPS) is 9.95. The first kappa shape index (κ1) is 13.0. The number of amides is 1. The molecule has 0 spiro atoms. The van der Waals surface area contributed by atoms with Gasteiger partial charge < -0.3 is 9.88 Å². The van der Waals surface area contributed by atoms with Gasteiger partial charge >= 0.3 is 0 Å². The number of aromatic nitrogens is 1. The van der Waals surface area contributed by atoms with E-state index < -0.39 is 0 Å². The van der Waals surface area contributed by atoms with Gasteiger partial charge in [0.2, 0.25) is 0 Å². The van der Waals surface area contributed by atoms with E-state index in [-0.39, 0.29) is 12.5 Å². The highest BCUT2D eigenvalue weighted by atomic mass is 16.1. The third kappa shape index (κ3) is 2.69. The van der Waals surface area contributed by atoms with Gasteiger partial charge in [-0.1, -0.05) is 5.92 Å². The third-order valence-electron chi connectivity index (χ3n) is 3.01. The number of rotatable bonds is 3. The monoisotopic (exact) mass is 252 g/mol. The molecule has 0 saturated heterocycles. The molecule has 1 amide bonds. The van der Waals surface area contributed by atoms with Crippen LogP contribution >= 0.6 is 0 Å². The summed E-state index contributed by atoms with van der Waals surface area (Å²) < 4.78 is 2.14. The number of nitrogens with one attached hydrogen (secondary N) is 1. The van der Waals surface area contributed by atoms with Gasteiger partial charge in [-0.25, -0.2) is 0 Å². The fraction of sp³-hybridized carbons (Fsp3) is 0.188. The molecule has 0 aliphatic heterocycles. The van der Waals surface area contributed by atoms with Crippen molar-refractivity contribution in [2.24, 2.45) is 0 Å². The molecule has 1 aromatic carbocycles. The van der Waals surface area contributed by atoms with E-state index >= 15 is 0 Å². The van der Waals surface area contributed by atoms with E-state index in [4.69, 9.17) is 6.42 Å². The Kier molecular flexibility index (Phi) is 3.72. The Morgan fingerprint density at radius 1 is 1.16 bits per heavy atom. The zero-order chi connectivity index (χ0) is 13.8. The number of benzene rings is 1. The highest BCUT2D eigenvalue weighted by molar-refractivity contribution is 5.94. The number of nitrogens with zero attached hydrogens (tertiary/aromatic N) is 1. The van der Waals surface area contributed by atoms with Crippen LogP contribution in [-0.2, 0) is 0 Å². The van der Waals surface area contributed by atoms with Crippen LogP contribution in [0.25, 0.3) is 5.69 Å². The number of aryl methyl sites for hydroxylation is 2. The molecule has 0 aliphatic rings. The average molecular weight is 252 g/mol. The maximum atomic E-state index is 11.7. The molecule has 0 unspecified atom stereocenters. The molecule has 19 heavy (non-hydrogen) atoms. The summed E-state index contributed by atoms with van der Waals surface area (Å²) in [5.74, 6) is 2.23. The van der Waals surface area contributed by atoms with Crippen LogP contribution in [0.2, 0.25) is 0 Å². The number of hydrogen-bond acceptors (Lipinski definition) is 1. The second-order valence-electron chi connectivity index (χ2n) is 4.39. The zero-order valence-corrected chi connectivity index (χ0v) is 11.1. The van der Waals surface area contributed by atoms with Crippen molar-refractivity contribution < 1.29 is 4.79 Å². The minimum Gasteiger partial charge on any atom is -0.341 e. The summed E-state index contributed by atoms with van der Waals surface area (Å²) in [7, 11) is 0. The van der Waals surface area contributed by atoms with Crippen LogP contribution in [0.3, 0.4) is 0 Å². The molecule has 1 aromatic heterocycles. The van der Waals surface area contributed by atoms with Crippen LogP contribution in [0.1, 0.15) is 21.7 Å². The van der Waals surface area contributed by atoms with Gasteiger partial charge in [0.15, 0.2) is 0 Å². The van der Waals surface area contributed by atoms with E-state index in [1.165, 1.54) is 11.4 Å². The Balaban J connectivity index is 2.24. The van der Waals surface area contributed by atoms with Gasteiger partial charge in [-0.3, -0.25) is 4.79 Å². The topological polar surface area (TPSA) is 34.0 Å². The molecule has 0 bridgehead atoms. The lowest BCUT2D eigenvalue weighted by atomic mass is 10.2. The van der Waals surface area contributed by atoms with Gasteiger partial charge in [-0.15, -0.1) is 6.42 Å². The highest BCUT2D eigenvalue weighted by Crippen LogP contribution is 2.16. The van der Waals surface area contributed by atoms with Crippen molar-refractivity contribution in [3.05, 3.63) is 53.3 Å². The number of carbonyl (C=O) groups excluding carboxylic acids is 1. The van der Waals surface area contributed by atoms with E-state index in [2.05, 4.69) is 41.8 Å². The predicted octanol–water partition coefficient (Wildman–Crippen LogP) is 2.46. The van der Waals surface area contributed by atoms with Crippen LogP contribution in [0, 0.1) is 26.2 Å². The standard InChI is InChI=1S/C16H16N2O/c1-4-11-17-16(19)14-7-9-15(10-8-14)18-12(2)5-6-13(18)3/h1,5-10H,11H2,2-3H3,(H,17,19). The zero-order valence-electron chi connectivity index (χ0n) is 11.1. The summed E-state index contributed by atoms with van der Waals surface area (Å²) in [6.07, 6.45) is 5.11. The van der Waals surface area contributed by atoms with E-state index in [0.29, 0.717) is 5.56 Å². The minimum atomic E-state index is -0.148. The van der Waals surface area contributed by atoms with Crippen LogP contribution in [-0.4, -0.2) is 17.0 Å². The van der Waals surface area contributed by atoms with Crippen molar-refractivity contribution in [1.82, 2.24) is 9.88 Å². The van der Waals surface area contributed by atoms with Crippen molar-refractivity contribution >= 4 is 5.91 Å². The molecular weight excluding hydrogens is 236 g/mol. The quantitative estimate of drug-likeness (QED) is 0.836. The predicted molar refractivity (Wildman–Crippen MR) is 76.4 cm³/mol. The SMILES string of the molecule is C#CCNC(=O)c1ccc(-n2c(C)ccc2C)cc1. The molecule has 0 fully saturated rings. The van der Waals surface area contributed by atoms with Gasteiger partial charge in [-0.2, -0.15) is 0 Å². The van der Waals surface area contributed by atoms with Crippen LogP contribution in [0.5, 0.6) is 0 Å². The van der Waals surface area contributed by atoms with Gasteiger partial charge in [-0.05, 0) is 50.2 Å². The van der Waals surface area contributed by atoms with Gasteiger partial charge in [0.1, 0.15) is 0 Å². The summed E-state index contributed by atoms with van der Waals surface area (Å²) in [6.45, 7) is 4.36. The molecule has 1 N–H and O–H groups in total. The van der Waals surface area contributed by atoms with E-state index in [1.807, 2.05) is 12.1 Å². The van der Waals surface area contributed by atoms with Gasteiger partial charge in [0, 0.05) is 22.6 Å². The highest BCUT2D eigenvalue weighted by Gasteiger charge is 2.06. The van der Waals surface area contributed by atoms with E-state index in [0.717, 1.165) is 5.69 Å². The molecule has 0 atom stereocenters. The second-order valence-corrected chi connectivity index (χ2v) is 4.39. The molecule has 96 valence electrons. The van der Waals surface area contributed by atoms with Gasteiger partial charge in [0.25, 0.3) is 5.91 Å². The number of terminal acetylenes is 1. The van der Waals surface area contributed by atoms with Crippen molar-refractivity contribution in [3.63, 3.8) is 0 Å². The molecular formula is C16H16N2O.